The average Bonchev–Trinajstić information content (AvgIpc) is 2.73. The van der Waals surface area contributed by atoms with Crippen molar-refractivity contribution in [1.29, 1.82) is 0 Å². The molecule has 3 rings (SSSR count). The largest absolute Gasteiger partial charge is 0.339 e. The Morgan fingerprint density at radius 3 is 1.93 bits per heavy atom. The van der Waals surface area contributed by atoms with Gasteiger partial charge in [0.2, 0.25) is 5.91 Å². The molecule has 29 heavy (non-hydrogen) atoms. The predicted molar refractivity (Wildman–Crippen MR) is 116 cm³/mol. The third-order valence-corrected chi connectivity index (χ3v) is 7.17. The number of amides is 1. The first-order chi connectivity index (χ1) is 13.8. The lowest BCUT2D eigenvalue weighted by molar-refractivity contribution is -0.131. The molecule has 0 unspecified atom stereocenters. The van der Waals surface area contributed by atoms with Crippen molar-refractivity contribution in [2.24, 2.45) is 0 Å². The van der Waals surface area contributed by atoms with E-state index in [1.54, 1.807) is 41.3 Å². The number of hydrogen-bond acceptors (Lipinski definition) is 4. The summed E-state index contributed by atoms with van der Waals surface area (Å²) in [6, 6.07) is 14.0. The van der Waals surface area contributed by atoms with Crippen molar-refractivity contribution in [2.75, 3.05) is 43.6 Å². The first-order valence-electron chi connectivity index (χ1n) is 9.97. The Morgan fingerprint density at radius 1 is 0.897 bits per heavy atom. The van der Waals surface area contributed by atoms with E-state index in [0.717, 1.165) is 30.8 Å². The van der Waals surface area contributed by atoms with Gasteiger partial charge in [0.05, 0.1) is 10.6 Å². The normalized spacial score (nSPS) is 15.3. The van der Waals surface area contributed by atoms with Crippen LogP contribution in [0.4, 0.5) is 5.69 Å². The van der Waals surface area contributed by atoms with Gasteiger partial charge in [-0.25, -0.2) is 8.42 Å². The monoisotopic (exact) mass is 415 g/mol. The van der Waals surface area contributed by atoms with Crippen LogP contribution in [0.3, 0.4) is 0 Å². The molecule has 0 radical (unpaired) electrons. The second-order valence-electron chi connectivity index (χ2n) is 7.48. The Labute approximate surface area is 173 Å². The van der Waals surface area contributed by atoms with E-state index in [4.69, 9.17) is 0 Å². The third-order valence-electron chi connectivity index (χ3n) is 5.38. The highest BCUT2D eigenvalue weighted by Crippen LogP contribution is 2.24. The van der Waals surface area contributed by atoms with Crippen LogP contribution in [-0.2, 0) is 14.8 Å². The van der Waals surface area contributed by atoms with Gasteiger partial charge in [0.15, 0.2) is 0 Å². The highest BCUT2D eigenvalue weighted by atomic mass is 32.2. The summed E-state index contributed by atoms with van der Waals surface area (Å²) < 4.78 is 28.0. The lowest BCUT2D eigenvalue weighted by atomic mass is 10.2. The zero-order valence-corrected chi connectivity index (χ0v) is 18.2. The molecular formula is C22H29N3O3S. The summed E-state index contributed by atoms with van der Waals surface area (Å²) in [5.74, 6) is -0.169. The van der Waals surface area contributed by atoms with E-state index in [9.17, 15) is 13.2 Å². The summed E-state index contributed by atoms with van der Waals surface area (Å²) in [6.07, 6.45) is 0. The fourth-order valence-electron chi connectivity index (χ4n) is 3.40. The number of likely N-dealkylation sites (N-methyl/N-ethyl adjacent to an activating group) is 1. The molecule has 1 aliphatic rings. The Hall–Kier alpha value is -2.38. The van der Waals surface area contributed by atoms with Gasteiger partial charge >= 0.3 is 0 Å². The van der Waals surface area contributed by atoms with Gasteiger partial charge in [-0.15, -0.1) is 0 Å². The highest BCUT2D eigenvalue weighted by molar-refractivity contribution is 7.92. The summed E-state index contributed by atoms with van der Waals surface area (Å²) in [5.41, 5.74) is 2.51. The topological polar surface area (TPSA) is 60.9 Å². The minimum absolute atomic E-state index is 0.169. The average molecular weight is 416 g/mol. The van der Waals surface area contributed by atoms with Crippen molar-refractivity contribution < 1.29 is 13.2 Å². The second-order valence-corrected chi connectivity index (χ2v) is 9.34. The number of nitrogens with zero attached hydrogens (tertiary/aromatic N) is 3. The van der Waals surface area contributed by atoms with E-state index in [1.165, 1.54) is 4.31 Å². The molecule has 0 N–H and O–H groups in total. The van der Waals surface area contributed by atoms with Crippen molar-refractivity contribution in [3.8, 4) is 0 Å². The minimum atomic E-state index is -3.86. The van der Waals surface area contributed by atoms with Crippen LogP contribution in [0.25, 0.3) is 0 Å². The number of carbonyl (C=O) groups is 1. The van der Waals surface area contributed by atoms with Crippen LogP contribution in [0.1, 0.15) is 18.1 Å². The summed E-state index contributed by atoms with van der Waals surface area (Å²) in [7, 11) is -3.86. The number of piperazine rings is 1. The molecular weight excluding hydrogens is 386 g/mol. The fourth-order valence-corrected chi connectivity index (χ4v) is 4.81. The van der Waals surface area contributed by atoms with Gasteiger partial charge in [-0.05, 0) is 44.7 Å². The molecule has 1 heterocycles. The van der Waals surface area contributed by atoms with Crippen LogP contribution in [0.2, 0.25) is 0 Å². The van der Waals surface area contributed by atoms with Crippen LogP contribution in [0.15, 0.2) is 53.4 Å². The number of hydrogen-bond donors (Lipinski definition) is 0. The molecule has 1 fully saturated rings. The summed E-state index contributed by atoms with van der Waals surface area (Å²) >= 11 is 0. The molecule has 2 aromatic rings. The van der Waals surface area contributed by atoms with Crippen molar-refractivity contribution in [2.45, 2.75) is 25.7 Å². The van der Waals surface area contributed by atoms with E-state index < -0.39 is 10.0 Å². The smallest absolute Gasteiger partial charge is 0.264 e. The SMILES string of the molecule is CCN1CCN(C(=O)CN(c2ccc(C)cc2)S(=O)(=O)c2ccc(C)cc2)CC1. The maximum atomic E-state index is 13.4. The first-order valence-corrected chi connectivity index (χ1v) is 11.4. The van der Waals surface area contributed by atoms with Crippen molar-refractivity contribution >= 4 is 21.6 Å². The Morgan fingerprint density at radius 2 is 1.41 bits per heavy atom. The van der Waals surface area contributed by atoms with Crippen LogP contribution in [0, 0.1) is 13.8 Å². The quantitative estimate of drug-likeness (QED) is 0.728. The van der Waals surface area contributed by atoms with Gasteiger partial charge < -0.3 is 9.80 Å². The van der Waals surface area contributed by atoms with E-state index >= 15 is 0 Å². The molecule has 0 saturated carbocycles. The van der Waals surface area contributed by atoms with E-state index in [1.807, 2.05) is 26.0 Å². The number of aryl methyl sites for hydroxylation is 2. The van der Waals surface area contributed by atoms with Crippen molar-refractivity contribution in [3.05, 3.63) is 59.7 Å². The maximum Gasteiger partial charge on any atom is 0.264 e. The standard InChI is InChI=1S/C22H29N3O3S/c1-4-23-13-15-24(16-14-23)22(26)17-25(20-9-5-18(2)6-10-20)29(27,28)21-11-7-19(3)8-12-21/h5-12H,4,13-17H2,1-3H3. The molecule has 7 heteroatoms. The molecule has 1 saturated heterocycles. The molecule has 0 bridgehead atoms. The summed E-state index contributed by atoms with van der Waals surface area (Å²) in [5, 5.41) is 0. The van der Waals surface area contributed by atoms with Crippen LogP contribution < -0.4 is 4.31 Å². The first kappa shape index (κ1) is 21.3. The minimum Gasteiger partial charge on any atom is -0.339 e. The molecule has 0 atom stereocenters. The molecule has 156 valence electrons. The molecule has 2 aromatic carbocycles. The van der Waals surface area contributed by atoms with Gasteiger partial charge in [-0.3, -0.25) is 9.10 Å². The predicted octanol–water partition coefficient (Wildman–Crippen LogP) is 2.66. The molecule has 0 spiro atoms. The van der Waals surface area contributed by atoms with Crippen molar-refractivity contribution in [1.82, 2.24) is 9.80 Å². The highest BCUT2D eigenvalue weighted by Gasteiger charge is 2.30. The lowest BCUT2D eigenvalue weighted by Gasteiger charge is -2.35. The molecule has 1 amide bonds. The van der Waals surface area contributed by atoms with Crippen molar-refractivity contribution in [3.63, 3.8) is 0 Å². The molecule has 6 nitrogen and oxygen atoms in total. The maximum absolute atomic E-state index is 13.4. The van der Waals surface area contributed by atoms with Gasteiger partial charge in [-0.2, -0.15) is 0 Å². The fraction of sp³-hybridized carbons (Fsp3) is 0.409. The van der Waals surface area contributed by atoms with Gasteiger partial charge in [0.1, 0.15) is 6.54 Å². The number of carbonyl (C=O) groups excluding carboxylic acids is 1. The Balaban J connectivity index is 1.88. The molecule has 0 aromatic heterocycles. The zero-order valence-electron chi connectivity index (χ0n) is 17.3. The second kappa shape index (κ2) is 8.97. The third kappa shape index (κ3) is 4.97. The molecule has 1 aliphatic heterocycles. The van der Waals surface area contributed by atoms with E-state index in [0.29, 0.717) is 18.8 Å². The summed E-state index contributed by atoms with van der Waals surface area (Å²) in [6.45, 7) is 9.59. The van der Waals surface area contributed by atoms with E-state index in [2.05, 4.69) is 11.8 Å². The van der Waals surface area contributed by atoms with Gasteiger partial charge in [0.25, 0.3) is 10.0 Å². The Kier molecular flexibility index (Phi) is 6.59. The number of sulfonamides is 1. The number of anilines is 1. The molecule has 0 aliphatic carbocycles. The summed E-state index contributed by atoms with van der Waals surface area (Å²) in [4.78, 5) is 17.2. The number of benzene rings is 2. The number of rotatable bonds is 6. The van der Waals surface area contributed by atoms with Gasteiger partial charge in [-0.1, -0.05) is 42.3 Å². The lowest BCUT2D eigenvalue weighted by Crippen LogP contribution is -2.51. The van der Waals surface area contributed by atoms with Crippen LogP contribution in [0.5, 0.6) is 0 Å². The van der Waals surface area contributed by atoms with Gasteiger partial charge in [0, 0.05) is 26.2 Å². The van der Waals surface area contributed by atoms with Crippen LogP contribution >= 0.6 is 0 Å². The Bertz CT molecular complexity index is 932. The zero-order chi connectivity index (χ0) is 21.0. The van der Waals surface area contributed by atoms with Crippen LogP contribution in [-0.4, -0.2) is 63.4 Å². The van der Waals surface area contributed by atoms with E-state index in [-0.39, 0.29) is 17.3 Å².